The first kappa shape index (κ1) is 12.5. The summed E-state index contributed by atoms with van der Waals surface area (Å²) >= 11 is 0. The van der Waals surface area contributed by atoms with E-state index in [0.717, 1.165) is 0 Å². The average molecular weight is 286 g/mol. The third kappa shape index (κ3) is 2.34. The first-order valence-electron chi connectivity index (χ1n) is 5.70. The van der Waals surface area contributed by atoms with Gasteiger partial charge in [-0.25, -0.2) is 4.98 Å². The molecule has 0 amide bonds. The normalized spacial score (nSPS) is 21.8. The van der Waals surface area contributed by atoms with Crippen LogP contribution < -0.4 is 0 Å². The van der Waals surface area contributed by atoms with E-state index in [1.165, 1.54) is 0 Å². The van der Waals surface area contributed by atoms with Crippen LogP contribution in [0.4, 0.5) is 3.89 Å². The number of benzene rings is 1. The summed E-state index contributed by atoms with van der Waals surface area (Å²) in [4.78, 5) is 4.18. The van der Waals surface area contributed by atoms with Crippen molar-refractivity contribution in [3.63, 3.8) is 0 Å². The molecular weight excluding hydrogens is 275 g/mol. The Bertz CT molecular complexity index is 667. The van der Waals surface area contributed by atoms with Crippen LogP contribution in [0.15, 0.2) is 28.7 Å². The van der Waals surface area contributed by atoms with E-state index in [2.05, 4.69) is 4.98 Å². The van der Waals surface area contributed by atoms with Gasteiger partial charge in [-0.2, -0.15) is 12.7 Å². The van der Waals surface area contributed by atoms with Crippen LogP contribution in [0.25, 0.3) is 11.1 Å². The van der Waals surface area contributed by atoms with Gasteiger partial charge in [-0.05, 0) is 12.1 Å². The van der Waals surface area contributed by atoms with Gasteiger partial charge >= 0.3 is 10.4 Å². The van der Waals surface area contributed by atoms with Crippen LogP contribution in [0.2, 0.25) is 0 Å². The molecule has 0 spiro atoms. The fraction of sp³-hybridized carbons (Fsp3) is 0.364. The van der Waals surface area contributed by atoms with Crippen LogP contribution in [0.3, 0.4) is 0 Å². The first-order valence-corrected chi connectivity index (χ1v) is 7.04. The summed E-state index contributed by atoms with van der Waals surface area (Å²) in [5.41, 5.74) is 1.12. The zero-order valence-electron chi connectivity index (χ0n) is 9.82. The highest BCUT2D eigenvalue weighted by molar-refractivity contribution is 7.83. The van der Waals surface area contributed by atoms with E-state index in [-0.39, 0.29) is 25.6 Å². The Hall–Kier alpha value is -1.51. The lowest BCUT2D eigenvalue weighted by Gasteiger charge is -2.29. The van der Waals surface area contributed by atoms with Gasteiger partial charge < -0.3 is 9.15 Å². The number of morpholine rings is 1. The zero-order valence-corrected chi connectivity index (χ0v) is 10.6. The van der Waals surface area contributed by atoms with Crippen LogP contribution in [0, 0.1) is 0 Å². The molecule has 1 unspecified atom stereocenters. The molecule has 19 heavy (non-hydrogen) atoms. The number of rotatable bonds is 2. The molecule has 0 radical (unpaired) electrons. The number of fused-ring (bicyclic) bond motifs is 1. The van der Waals surface area contributed by atoms with Crippen molar-refractivity contribution in [3.8, 4) is 0 Å². The fourth-order valence-corrected chi connectivity index (χ4v) is 2.82. The molecule has 8 heteroatoms. The largest absolute Gasteiger partial charge is 0.439 e. The number of hydrogen-bond acceptors (Lipinski definition) is 5. The number of ether oxygens (including phenoxy) is 1. The Morgan fingerprint density at radius 2 is 2.16 bits per heavy atom. The van der Waals surface area contributed by atoms with E-state index in [9.17, 15) is 12.3 Å². The molecule has 0 saturated carbocycles. The van der Waals surface area contributed by atoms with Crippen molar-refractivity contribution in [1.82, 2.24) is 9.29 Å². The minimum Gasteiger partial charge on any atom is -0.439 e. The first-order chi connectivity index (χ1) is 9.05. The van der Waals surface area contributed by atoms with Gasteiger partial charge in [0.05, 0.1) is 13.2 Å². The lowest BCUT2D eigenvalue weighted by molar-refractivity contribution is 0.0209. The minimum absolute atomic E-state index is 0.0238. The molecule has 1 saturated heterocycles. The van der Waals surface area contributed by atoms with Crippen molar-refractivity contribution in [1.29, 1.82) is 0 Å². The SMILES string of the molecule is O=S(=O)(F)N1CCOCC1c1nc2ccccc2o1. The number of hydrogen-bond donors (Lipinski definition) is 0. The van der Waals surface area contributed by atoms with Crippen LogP contribution in [-0.2, 0) is 15.1 Å². The predicted octanol–water partition coefficient (Wildman–Crippen LogP) is 1.42. The molecule has 1 aromatic carbocycles. The molecule has 6 nitrogen and oxygen atoms in total. The monoisotopic (exact) mass is 286 g/mol. The molecule has 0 bridgehead atoms. The van der Waals surface area contributed by atoms with Crippen LogP contribution >= 0.6 is 0 Å². The molecule has 1 aliphatic rings. The lowest BCUT2D eigenvalue weighted by Crippen LogP contribution is -2.41. The second-order valence-corrected chi connectivity index (χ2v) is 5.46. The van der Waals surface area contributed by atoms with Gasteiger partial charge in [0.2, 0.25) is 5.89 Å². The maximum Gasteiger partial charge on any atom is 0.375 e. The number of para-hydroxylation sites is 2. The highest BCUT2D eigenvalue weighted by atomic mass is 32.3. The van der Waals surface area contributed by atoms with Crippen molar-refractivity contribution in [2.45, 2.75) is 6.04 Å². The third-order valence-electron chi connectivity index (χ3n) is 2.95. The summed E-state index contributed by atoms with van der Waals surface area (Å²) in [7, 11) is -4.81. The van der Waals surface area contributed by atoms with E-state index < -0.39 is 16.5 Å². The predicted molar refractivity (Wildman–Crippen MR) is 64.3 cm³/mol. The Labute approximate surface area is 109 Å². The zero-order chi connectivity index (χ0) is 13.5. The van der Waals surface area contributed by atoms with Gasteiger partial charge in [-0.3, -0.25) is 0 Å². The highest BCUT2D eigenvalue weighted by Gasteiger charge is 2.37. The summed E-state index contributed by atoms with van der Waals surface area (Å²) in [6, 6.07) is 6.15. The van der Waals surface area contributed by atoms with Gasteiger partial charge in [0.25, 0.3) is 0 Å². The molecule has 2 heterocycles. The quantitative estimate of drug-likeness (QED) is 0.781. The molecule has 1 aromatic heterocycles. The second-order valence-electron chi connectivity index (χ2n) is 4.16. The standard InChI is InChI=1S/C11H11FN2O4S/c12-19(15,16)14-5-6-17-7-9(14)11-13-8-3-1-2-4-10(8)18-11/h1-4,9H,5-7H2. The molecule has 1 atom stereocenters. The maximum absolute atomic E-state index is 13.2. The minimum atomic E-state index is -4.81. The average Bonchev–Trinajstić information content (AvgIpc) is 2.81. The Balaban J connectivity index is 2.03. The molecular formula is C11H11FN2O4S. The van der Waals surface area contributed by atoms with Crippen LogP contribution in [0.1, 0.15) is 11.9 Å². The Kier molecular flexibility index (Phi) is 3.00. The van der Waals surface area contributed by atoms with E-state index in [4.69, 9.17) is 9.15 Å². The van der Waals surface area contributed by atoms with Gasteiger partial charge in [0, 0.05) is 6.54 Å². The van der Waals surface area contributed by atoms with E-state index in [1.807, 2.05) is 0 Å². The number of aromatic nitrogens is 1. The summed E-state index contributed by atoms with van der Waals surface area (Å²) in [5, 5.41) is 0. The van der Waals surface area contributed by atoms with Crippen molar-refractivity contribution < 1.29 is 21.5 Å². The van der Waals surface area contributed by atoms with Gasteiger partial charge in [-0.15, -0.1) is 0 Å². The van der Waals surface area contributed by atoms with E-state index in [1.54, 1.807) is 24.3 Å². The van der Waals surface area contributed by atoms with Crippen molar-refractivity contribution in [3.05, 3.63) is 30.2 Å². The molecule has 3 rings (SSSR count). The number of nitrogens with zero attached hydrogens (tertiary/aromatic N) is 2. The van der Waals surface area contributed by atoms with E-state index in [0.29, 0.717) is 15.4 Å². The topological polar surface area (TPSA) is 72.6 Å². The van der Waals surface area contributed by atoms with Gasteiger partial charge in [-0.1, -0.05) is 16.0 Å². The summed E-state index contributed by atoms with van der Waals surface area (Å²) in [6.45, 7) is 0.123. The summed E-state index contributed by atoms with van der Waals surface area (Å²) < 4.78 is 46.8. The molecule has 0 N–H and O–H groups in total. The summed E-state index contributed by atoms with van der Waals surface area (Å²) in [6.07, 6.45) is 0. The number of oxazole rings is 1. The van der Waals surface area contributed by atoms with Crippen molar-refractivity contribution in [2.24, 2.45) is 0 Å². The molecule has 1 aliphatic heterocycles. The molecule has 2 aromatic rings. The van der Waals surface area contributed by atoms with E-state index >= 15 is 0 Å². The maximum atomic E-state index is 13.2. The third-order valence-corrected chi connectivity index (χ3v) is 3.95. The van der Waals surface area contributed by atoms with Crippen molar-refractivity contribution >= 4 is 21.5 Å². The highest BCUT2D eigenvalue weighted by Crippen LogP contribution is 2.29. The summed E-state index contributed by atoms with van der Waals surface area (Å²) in [5.74, 6) is 0.141. The molecule has 1 fully saturated rings. The second kappa shape index (κ2) is 4.55. The van der Waals surface area contributed by atoms with Crippen LogP contribution in [0.5, 0.6) is 0 Å². The number of halogens is 1. The molecule has 0 aliphatic carbocycles. The van der Waals surface area contributed by atoms with Gasteiger partial charge in [0.1, 0.15) is 11.6 Å². The lowest BCUT2D eigenvalue weighted by atomic mass is 10.3. The van der Waals surface area contributed by atoms with Crippen LogP contribution in [-0.4, -0.2) is 37.5 Å². The van der Waals surface area contributed by atoms with Crippen molar-refractivity contribution in [2.75, 3.05) is 19.8 Å². The van der Waals surface area contributed by atoms with Gasteiger partial charge in [0.15, 0.2) is 5.58 Å². The Morgan fingerprint density at radius 3 is 2.89 bits per heavy atom. The fourth-order valence-electron chi connectivity index (χ4n) is 2.08. The smallest absolute Gasteiger partial charge is 0.375 e. The Morgan fingerprint density at radius 1 is 1.37 bits per heavy atom. The molecule has 102 valence electrons.